The summed E-state index contributed by atoms with van der Waals surface area (Å²) in [6.45, 7) is 1.12. The van der Waals surface area contributed by atoms with Crippen molar-refractivity contribution in [3.8, 4) is 0 Å². The van der Waals surface area contributed by atoms with Crippen LogP contribution in [0, 0.1) is 0 Å². The van der Waals surface area contributed by atoms with E-state index in [0.717, 1.165) is 6.92 Å². The predicted octanol–water partition coefficient (Wildman–Crippen LogP) is -1.88. The van der Waals surface area contributed by atoms with Crippen molar-refractivity contribution in [2.45, 2.75) is 19.4 Å². The Kier molecular flexibility index (Phi) is 8.15. The lowest BCUT2D eigenvalue weighted by Crippen LogP contribution is -2.41. The van der Waals surface area contributed by atoms with E-state index in [1.165, 1.54) is 0 Å². The molecule has 1 atom stereocenters. The van der Waals surface area contributed by atoms with Gasteiger partial charge >= 0.3 is 19.8 Å². The van der Waals surface area contributed by atoms with Gasteiger partial charge in [0.1, 0.15) is 6.04 Å². The minimum Gasteiger partial charge on any atom is -0.481 e. The molecule has 100 valence electrons. The average molecular weight is 273 g/mol. The van der Waals surface area contributed by atoms with Crippen molar-refractivity contribution in [2.75, 3.05) is 0 Å². The van der Waals surface area contributed by atoms with Gasteiger partial charge in [0.05, 0.1) is 6.42 Å². The molecule has 0 aliphatic heterocycles. The smallest absolute Gasteiger partial charge is 0.466 e. The Bertz CT molecular complexity index is 310. The summed E-state index contributed by atoms with van der Waals surface area (Å²) in [5.41, 5.74) is 0. The second-order valence-corrected chi connectivity index (χ2v) is 3.73. The van der Waals surface area contributed by atoms with E-state index in [0.29, 0.717) is 0 Å². The summed E-state index contributed by atoms with van der Waals surface area (Å²) >= 11 is 0. The molecule has 0 aromatic rings. The third-order valence-electron chi connectivity index (χ3n) is 1.05. The maximum absolute atomic E-state index is 10.4. The van der Waals surface area contributed by atoms with Crippen molar-refractivity contribution in [3.05, 3.63) is 0 Å². The Hall–Kier alpha value is -1.48. The molecule has 0 saturated heterocycles. The van der Waals surface area contributed by atoms with E-state index in [2.05, 4.69) is 0 Å². The molecule has 0 spiro atoms. The number of aliphatic carboxylic acids is 2. The second kappa shape index (κ2) is 7.74. The van der Waals surface area contributed by atoms with Crippen molar-refractivity contribution >= 4 is 25.7 Å². The fourth-order valence-electron chi connectivity index (χ4n) is 0.620. The average Bonchev–Trinajstić information content (AvgIpc) is 1.97. The minimum atomic E-state index is -4.64. The Morgan fingerprint density at radius 2 is 1.53 bits per heavy atom. The van der Waals surface area contributed by atoms with Crippen molar-refractivity contribution in [2.24, 2.45) is 0 Å². The van der Waals surface area contributed by atoms with Gasteiger partial charge in [0.15, 0.2) is 0 Å². The molecule has 0 fully saturated rings. The van der Waals surface area contributed by atoms with Gasteiger partial charge in [-0.05, 0) is 0 Å². The number of nitrogens with one attached hydrogen (secondary N) is 1. The zero-order chi connectivity index (χ0) is 14.2. The maximum Gasteiger partial charge on any atom is 0.466 e. The molecule has 10 nitrogen and oxygen atoms in total. The number of carboxylic acids is 2. The molecule has 0 heterocycles. The molecule has 17 heavy (non-hydrogen) atoms. The molecule has 0 aliphatic rings. The molecule has 0 saturated carbocycles. The van der Waals surface area contributed by atoms with Crippen LogP contribution in [0.25, 0.3) is 0 Å². The van der Waals surface area contributed by atoms with Gasteiger partial charge in [-0.1, -0.05) is 0 Å². The standard InChI is InChI=1S/C6H9NO5.H3O4P/c1-3(8)7-4(6(11)12)2-5(9)10;1-5(2,3)4/h4H,2H2,1H3,(H,7,8)(H,9,10)(H,11,12);(H3,1,2,3,4)/t4-;/m0./s1. The molecule has 1 amide bonds. The SMILES string of the molecule is CC(=O)N[C@@H](CC(=O)O)C(=O)O.O=P(O)(O)O. The molecule has 6 N–H and O–H groups in total. The first-order valence-corrected chi connectivity index (χ1v) is 5.50. The van der Waals surface area contributed by atoms with Crippen molar-refractivity contribution in [1.29, 1.82) is 0 Å². The van der Waals surface area contributed by atoms with E-state index in [1.807, 2.05) is 5.32 Å². The highest BCUT2D eigenvalue weighted by molar-refractivity contribution is 7.45. The third kappa shape index (κ3) is 20.6. The van der Waals surface area contributed by atoms with Crippen molar-refractivity contribution < 1.29 is 43.8 Å². The first kappa shape index (κ1) is 17.9. The van der Waals surface area contributed by atoms with E-state index in [4.69, 9.17) is 29.5 Å². The lowest BCUT2D eigenvalue weighted by atomic mass is 10.2. The normalized spacial score (nSPS) is 11.8. The van der Waals surface area contributed by atoms with Gasteiger partial charge in [0, 0.05) is 6.92 Å². The highest BCUT2D eigenvalue weighted by atomic mass is 31.2. The van der Waals surface area contributed by atoms with Crippen LogP contribution in [0.4, 0.5) is 0 Å². The van der Waals surface area contributed by atoms with Gasteiger partial charge in [-0.3, -0.25) is 9.59 Å². The number of carbonyl (C=O) groups excluding carboxylic acids is 1. The number of hydrogen-bond donors (Lipinski definition) is 6. The van der Waals surface area contributed by atoms with Crippen LogP contribution in [-0.2, 0) is 18.9 Å². The molecular weight excluding hydrogens is 261 g/mol. The Morgan fingerprint density at radius 1 is 1.18 bits per heavy atom. The van der Waals surface area contributed by atoms with E-state index in [9.17, 15) is 14.4 Å². The summed E-state index contributed by atoms with van der Waals surface area (Å²) in [7, 11) is -4.64. The summed E-state index contributed by atoms with van der Waals surface area (Å²) in [5.74, 6) is -3.19. The summed E-state index contributed by atoms with van der Waals surface area (Å²) in [5, 5.41) is 18.6. The number of carbonyl (C=O) groups is 3. The summed E-state index contributed by atoms with van der Waals surface area (Å²) < 4.78 is 8.88. The Balaban J connectivity index is 0. The van der Waals surface area contributed by atoms with Crippen LogP contribution in [0.5, 0.6) is 0 Å². The topological polar surface area (TPSA) is 181 Å². The number of amides is 1. The quantitative estimate of drug-likeness (QED) is 0.319. The van der Waals surface area contributed by atoms with Crippen molar-refractivity contribution in [3.63, 3.8) is 0 Å². The first-order valence-electron chi connectivity index (χ1n) is 3.93. The van der Waals surface area contributed by atoms with Crippen LogP contribution in [0.2, 0.25) is 0 Å². The van der Waals surface area contributed by atoms with E-state index >= 15 is 0 Å². The Morgan fingerprint density at radius 3 is 1.71 bits per heavy atom. The van der Waals surface area contributed by atoms with E-state index < -0.39 is 38.1 Å². The summed E-state index contributed by atoms with van der Waals surface area (Å²) in [6, 6.07) is -1.35. The summed E-state index contributed by atoms with van der Waals surface area (Å²) in [6.07, 6.45) is -0.616. The minimum absolute atomic E-state index is 0.566. The first-order chi connectivity index (χ1) is 7.43. The van der Waals surface area contributed by atoms with Crippen LogP contribution in [0.3, 0.4) is 0 Å². The van der Waals surface area contributed by atoms with Gasteiger partial charge in [0.25, 0.3) is 0 Å². The number of rotatable bonds is 4. The summed E-state index contributed by atoms with van der Waals surface area (Å²) in [4.78, 5) is 52.3. The van der Waals surface area contributed by atoms with Crippen LogP contribution in [-0.4, -0.2) is 48.8 Å². The fraction of sp³-hybridized carbons (Fsp3) is 0.500. The van der Waals surface area contributed by atoms with Crippen LogP contribution in [0.1, 0.15) is 13.3 Å². The molecule has 0 aromatic heterocycles. The van der Waals surface area contributed by atoms with Gasteiger partial charge in [0.2, 0.25) is 5.91 Å². The van der Waals surface area contributed by atoms with Crippen molar-refractivity contribution in [1.82, 2.24) is 5.32 Å². The maximum atomic E-state index is 10.4. The molecule has 0 bridgehead atoms. The molecule has 0 radical (unpaired) electrons. The number of hydrogen-bond acceptors (Lipinski definition) is 4. The molecule has 0 rings (SSSR count). The van der Waals surface area contributed by atoms with E-state index in [1.54, 1.807) is 0 Å². The van der Waals surface area contributed by atoms with Crippen LogP contribution < -0.4 is 5.32 Å². The zero-order valence-electron chi connectivity index (χ0n) is 8.60. The number of phosphoric acid groups is 1. The fourth-order valence-corrected chi connectivity index (χ4v) is 0.620. The predicted molar refractivity (Wildman–Crippen MR) is 51.8 cm³/mol. The highest BCUT2D eigenvalue weighted by Gasteiger charge is 2.21. The third-order valence-corrected chi connectivity index (χ3v) is 1.05. The lowest BCUT2D eigenvalue weighted by Gasteiger charge is -2.09. The Labute approximate surface area is 95.1 Å². The van der Waals surface area contributed by atoms with Gasteiger partial charge in [-0.15, -0.1) is 0 Å². The van der Waals surface area contributed by atoms with Crippen LogP contribution >= 0.6 is 7.82 Å². The van der Waals surface area contributed by atoms with Gasteiger partial charge in [-0.25, -0.2) is 9.36 Å². The molecule has 0 aliphatic carbocycles. The monoisotopic (exact) mass is 273 g/mol. The van der Waals surface area contributed by atoms with E-state index in [-0.39, 0.29) is 0 Å². The van der Waals surface area contributed by atoms with Crippen LogP contribution in [0.15, 0.2) is 0 Å². The largest absolute Gasteiger partial charge is 0.481 e. The second-order valence-electron chi connectivity index (χ2n) is 2.70. The highest BCUT2D eigenvalue weighted by Crippen LogP contribution is 2.25. The van der Waals surface area contributed by atoms with Gasteiger partial charge < -0.3 is 30.2 Å². The molecule has 11 heteroatoms. The zero-order valence-corrected chi connectivity index (χ0v) is 9.50. The molecule has 0 unspecified atom stereocenters. The lowest BCUT2D eigenvalue weighted by molar-refractivity contribution is -0.147. The number of carboxylic acid groups (broad SMARTS) is 2. The van der Waals surface area contributed by atoms with Gasteiger partial charge in [-0.2, -0.15) is 0 Å². The molecule has 0 aromatic carbocycles. The molecular formula is C6H12NO9P.